The zero-order valence-corrected chi connectivity index (χ0v) is 7.33. The van der Waals surface area contributed by atoms with Gasteiger partial charge in [-0.15, -0.1) is 0 Å². The van der Waals surface area contributed by atoms with Gasteiger partial charge in [0, 0.05) is 0 Å². The fraction of sp³-hybridized carbons (Fsp3) is 0.250. The van der Waals surface area contributed by atoms with E-state index in [1.54, 1.807) is 0 Å². The standard InChI is InChI=1S/C8H11NSi/c1-9(2)10-8-6-4-3-5-7-8/h3-7H,1-2H3. The largest absolute Gasteiger partial charge is 0.327 e. The fourth-order valence-electron chi connectivity index (χ4n) is 0.771. The minimum absolute atomic E-state index is 0.794. The van der Waals surface area contributed by atoms with Crippen LogP contribution >= 0.6 is 0 Å². The van der Waals surface area contributed by atoms with E-state index in [9.17, 15) is 0 Å². The first-order valence-electron chi connectivity index (χ1n) is 3.28. The Labute approximate surface area is 64.6 Å². The van der Waals surface area contributed by atoms with Crippen LogP contribution in [0.5, 0.6) is 0 Å². The molecule has 0 N–H and O–H groups in total. The van der Waals surface area contributed by atoms with Gasteiger partial charge in [-0.05, 0) is 19.3 Å². The summed E-state index contributed by atoms with van der Waals surface area (Å²) in [5, 5.41) is 1.40. The van der Waals surface area contributed by atoms with Crippen molar-refractivity contribution >= 4 is 14.9 Å². The van der Waals surface area contributed by atoms with Crippen LogP contribution in [0, 0.1) is 0 Å². The Balaban J connectivity index is 2.59. The highest BCUT2D eigenvalue weighted by Gasteiger charge is 1.93. The molecule has 0 fully saturated rings. The molecule has 2 radical (unpaired) electrons. The van der Waals surface area contributed by atoms with Gasteiger partial charge in [-0.3, -0.25) is 0 Å². The summed E-state index contributed by atoms with van der Waals surface area (Å²) >= 11 is 0. The molecule has 2 heteroatoms. The van der Waals surface area contributed by atoms with E-state index in [1.807, 2.05) is 6.07 Å². The van der Waals surface area contributed by atoms with E-state index in [1.165, 1.54) is 5.19 Å². The highest BCUT2D eigenvalue weighted by molar-refractivity contribution is 6.50. The van der Waals surface area contributed by atoms with E-state index >= 15 is 0 Å². The van der Waals surface area contributed by atoms with Gasteiger partial charge in [-0.1, -0.05) is 30.3 Å². The average molecular weight is 149 g/mol. The SMILES string of the molecule is CN(C)[Si]c1ccccc1. The third-order valence-corrected chi connectivity index (χ3v) is 2.17. The summed E-state index contributed by atoms with van der Waals surface area (Å²) in [6.45, 7) is 0. The summed E-state index contributed by atoms with van der Waals surface area (Å²) in [7, 11) is 4.97. The Morgan fingerprint density at radius 3 is 2.20 bits per heavy atom. The van der Waals surface area contributed by atoms with Crippen LogP contribution < -0.4 is 5.19 Å². The van der Waals surface area contributed by atoms with Crippen LogP contribution in [-0.2, 0) is 0 Å². The molecule has 1 rings (SSSR count). The van der Waals surface area contributed by atoms with E-state index in [-0.39, 0.29) is 0 Å². The molecule has 0 saturated carbocycles. The van der Waals surface area contributed by atoms with Crippen LogP contribution in [-0.4, -0.2) is 28.3 Å². The van der Waals surface area contributed by atoms with E-state index in [2.05, 4.69) is 42.9 Å². The first kappa shape index (κ1) is 7.50. The van der Waals surface area contributed by atoms with Crippen molar-refractivity contribution in [2.24, 2.45) is 0 Å². The van der Waals surface area contributed by atoms with Gasteiger partial charge >= 0.3 is 0 Å². The van der Waals surface area contributed by atoms with Crippen molar-refractivity contribution in [2.75, 3.05) is 14.1 Å². The van der Waals surface area contributed by atoms with Crippen LogP contribution in [0.25, 0.3) is 0 Å². The summed E-state index contributed by atoms with van der Waals surface area (Å²) in [5.41, 5.74) is 0. The molecule has 0 bridgehead atoms. The molecule has 0 saturated heterocycles. The zero-order valence-electron chi connectivity index (χ0n) is 6.33. The van der Waals surface area contributed by atoms with Crippen molar-refractivity contribution in [1.29, 1.82) is 0 Å². The van der Waals surface area contributed by atoms with Crippen LogP contribution in [0.2, 0.25) is 0 Å². The van der Waals surface area contributed by atoms with Crippen molar-refractivity contribution in [3.63, 3.8) is 0 Å². The monoisotopic (exact) mass is 149 g/mol. The predicted molar refractivity (Wildman–Crippen MR) is 45.5 cm³/mol. The van der Waals surface area contributed by atoms with Crippen LogP contribution in [0.15, 0.2) is 30.3 Å². The van der Waals surface area contributed by atoms with Crippen molar-refractivity contribution in [2.45, 2.75) is 0 Å². The summed E-state index contributed by atoms with van der Waals surface area (Å²) in [6, 6.07) is 10.5. The van der Waals surface area contributed by atoms with Gasteiger partial charge in [0.1, 0.15) is 0 Å². The number of rotatable bonds is 2. The number of nitrogens with zero attached hydrogens (tertiary/aromatic N) is 1. The van der Waals surface area contributed by atoms with E-state index < -0.39 is 0 Å². The molecule has 0 aromatic heterocycles. The lowest BCUT2D eigenvalue weighted by molar-refractivity contribution is 0.669. The highest BCUT2D eigenvalue weighted by atomic mass is 28.2. The maximum absolute atomic E-state index is 2.19. The Morgan fingerprint density at radius 2 is 1.70 bits per heavy atom. The van der Waals surface area contributed by atoms with E-state index in [4.69, 9.17) is 0 Å². The third kappa shape index (κ3) is 2.33. The topological polar surface area (TPSA) is 3.24 Å². The second kappa shape index (κ2) is 3.54. The number of hydrogen-bond donors (Lipinski definition) is 0. The molecule has 0 atom stereocenters. The van der Waals surface area contributed by atoms with Crippen molar-refractivity contribution in [1.82, 2.24) is 4.57 Å². The van der Waals surface area contributed by atoms with Crippen molar-refractivity contribution < 1.29 is 0 Å². The van der Waals surface area contributed by atoms with Gasteiger partial charge in [0.05, 0.1) is 0 Å². The van der Waals surface area contributed by atoms with Crippen LogP contribution in [0.3, 0.4) is 0 Å². The molecule has 1 aromatic rings. The van der Waals surface area contributed by atoms with Gasteiger partial charge in [-0.2, -0.15) is 0 Å². The minimum atomic E-state index is 0.794. The van der Waals surface area contributed by atoms with Crippen molar-refractivity contribution in [3.05, 3.63) is 30.3 Å². The van der Waals surface area contributed by atoms with Crippen LogP contribution in [0.1, 0.15) is 0 Å². The lowest BCUT2D eigenvalue weighted by atomic mass is 10.4. The Hall–Kier alpha value is -0.603. The third-order valence-electron chi connectivity index (χ3n) is 1.13. The summed E-state index contributed by atoms with van der Waals surface area (Å²) in [4.78, 5) is 0. The molecule has 1 nitrogen and oxygen atoms in total. The predicted octanol–water partition coefficient (Wildman–Crippen LogP) is 0.493. The Bertz CT molecular complexity index is 184. The minimum Gasteiger partial charge on any atom is -0.327 e. The maximum Gasteiger partial charge on any atom is 0.182 e. The fourth-order valence-corrected chi connectivity index (χ4v) is 1.63. The lowest BCUT2D eigenvalue weighted by Gasteiger charge is -2.05. The molecule has 0 aliphatic carbocycles. The van der Waals surface area contributed by atoms with E-state index in [0.29, 0.717) is 0 Å². The lowest BCUT2D eigenvalue weighted by Crippen LogP contribution is -2.28. The molecule has 1 aromatic carbocycles. The Kier molecular flexibility index (Phi) is 2.65. The zero-order chi connectivity index (χ0) is 7.40. The normalized spacial score (nSPS) is 10.3. The van der Waals surface area contributed by atoms with Gasteiger partial charge < -0.3 is 4.57 Å². The summed E-state index contributed by atoms with van der Waals surface area (Å²) < 4.78 is 2.19. The molecule has 0 unspecified atom stereocenters. The van der Waals surface area contributed by atoms with Crippen molar-refractivity contribution in [3.8, 4) is 0 Å². The molecular formula is C8H11NSi. The molecule has 10 heavy (non-hydrogen) atoms. The molecule has 0 amide bonds. The second-order valence-corrected chi connectivity index (χ2v) is 4.07. The van der Waals surface area contributed by atoms with Gasteiger partial charge in [0.15, 0.2) is 9.68 Å². The van der Waals surface area contributed by atoms with Gasteiger partial charge in [0.2, 0.25) is 0 Å². The van der Waals surface area contributed by atoms with Gasteiger partial charge in [0.25, 0.3) is 0 Å². The first-order valence-corrected chi connectivity index (χ1v) is 4.23. The number of benzene rings is 1. The number of hydrogen-bond acceptors (Lipinski definition) is 1. The van der Waals surface area contributed by atoms with E-state index in [0.717, 1.165) is 9.68 Å². The van der Waals surface area contributed by atoms with Gasteiger partial charge in [-0.25, -0.2) is 0 Å². The quantitative estimate of drug-likeness (QED) is 0.553. The smallest absolute Gasteiger partial charge is 0.182 e. The molecule has 0 spiro atoms. The molecule has 0 aliphatic heterocycles. The Morgan fingerprint density at radius 1 is 1.10 bits per heavy atom. The molecule has 0 aliphatic rings. The maximum atomic E-state index is 2.19. The summed E-state index contributed by atoms with van der Waals surface area (Å²) in [6.07, 6.45) is 0. The highest BCUT2D eigenvalue weighted by Crippen LogP contribution is 1.81. The van der Waals surface area contributed by atoms with Crippen LogP contribution in [0.4, 0.5) is 0 Å². The first-order chi connectivity index (χ1) is 4.79. The molecule has 0 heterocycles. The average Bonchev–Trinajstić information content (AvgIpc) is 1.88. The molecular weight excluding hydrogens is 138 g/mol. The summed E-state index contributed by atoms with van der Waals surface area (Å²) in [5.74, 6) is 0. The second-order valence-electron chi connectivity index (χ2n) is 2.37. The molecule has 52 valence electrons.